The molecule has 2 aliphatic heterocycles. The molecule has 2 saturated heterocycles. The fourth-order valence-electron chi connectivity index (χ4n) is 4.10. The molecule has 0 saturated carbocycles. The second-order valence-electron chi connectivity index (χ2n) is 7.16. The number of carbonyl (C=O) groups excluding carboxylic acids is 2. The Morgan fingerprint density at radius 1 is 1.08 bits per heavy atom. The number of rotatable bonds is 1. The van der Waals surface area contributed by atoms with Crippen molar-refractivity contribution in [3.05, 3.63) is 36.0 Å². The number of nitrogens with one attached hydrogen (secondary N) is 2. The van der Waals surface area contributed by atoms with E-state index in [2.05, 4.69) is 10.3 Å². The van der Waals surface area contributed by atoms with Gasteiger partial charge < -0.3 is 15.2 Å². The van der Waals surface area contributed by atoms with Gasteiger partial charge in [-0.25, -0.2) is 0 Å². The van der Waals surface area contributed by atoms with E-state index in [1.165, 1.54) is 0 Å². The van der Waals surface area contributed by atoms with Gasteiger partial charge in [0.05, 0.1) is 0 Å². The summed E-state index contributed by atoms with van der Waals surface area (Å²) in [6.45, 7) is 2.33. The van der Waals surface area contributed by atoms with E-state index in [0.29, 0.717) is 12.1 Å². The van der Waals surface area contributed by atoms with E-state index in [1.54, 1.807) is 0 Å². The lowest BCUT2D eigenvalue weighted by Gasteiger charge is -2.41. The van der Waals surface area contributed by atoms with Gasteiger partial charge in [-0.3, -0.25) is 9.59 Å². The summed E-state index contributed by atoms with van der Waals surface area (Å²) in [7, 11) is 0. The molecule has 126 valence electrons. The summed E-state index contributed by atoms with van der Waals surface area (Å²) in [5, 5.41) is 4.04. The number of piperidine rings is 1. The number of hydrogen-bond acceptors (Lipinski definition) is 2. The Hall–Kier alpha value is -2.30. The summed E-state index contributed by atoms with van der Waals surface area (Å²) in [6, 6.07) is 9.90. The highest BCUT2D eigenvalue weighted by molar-refractivity contribution is 5.98. The van der Waals surface area contributed by atoms with Crippen LogP contribution in [0.1, 0.15) is 42.6 Å². The normalized spacial score (nSPS) is 20.8. The minimum absolute atomic E-state index is 0.0869. The number of likely N-dealkylation sites (tertiary alicyclic amines) is 1. The number of H-pyrrole nitrogens is 1. The van der Waals surface area contributed by atoms with Crippen LogP contribution in [0.25, 0.3) is 10.9 Å². The average Bonchev–Trinajstić information content (AvgIpc) is 2.96. The highest BCUT2D eigenvalue weighted by Crippen LogP contribution is 2.40. The van der Waals surface area contributed by atoms with E-state index >= 15 is 0 Å². The molecule has 1 aromatic carbocycles. The lowest BCUT2D eigenvalue weighted by molar-refractivity contribution is -0.121. The minimum Gasteiger partial charge on any atom is -0.356 e. The van der Waals surface area contributed by atoms with Crippen LogP contribution in [0.2, 0.25) is 0 Å². The minimum atomic E-state index is 0.0869. The van der Waals surface area contributed by atoms with Crippen LogP contribution >= 0.6 is 0 Å². The van der Waals surface area contributed by atoms with Crippen LogP contribution in [-0.4, -0.2) is 41.3 Å². The molecule has 2 fully saturated rings. The third-order valence-corrected chi connectivity index (χ3v) is 5.73. The van der Waals surface area contributed by atoms with Gasteiger partial charge in [0.25, 0.3) is 5.91 Å². The summed E-state index contributed by atoms with van der Waals surface area (Å²) in [4.78, 5) is 29.5. The van der Waals surface area contributed by atoms with Crippen molar-refractivity contribution in [1.82, 2.24) is 15.2 Å². The van der Waals surface area contributed by atoms with E-state index < -0.39 is 0 Å². The highest BCUT2D eigenvalue weighted by atomic mass is 16.2. The Labute approximate surface area is 141 Å². The van der Waals surface area contributed by atoms with Gasteiger partial charge in [-0.05, 0) is 43.2 Å². The molecule has 0 radical (unpaired) electrons. The number of fused-ring (bicyclic) bond motifs is 1. The van der Waals surface area contributed by atoms with Crippen LogP contribution in [0.5, 0.6) is 0 Å². The van der Waals surface area contributed by atoms with Crippen LogP contribution < -0.4 is 5.32 Å². The molecule has 2 aromatic rings. The third kappa shape index (κ3) is 2.79. The first-order valence-electron chi connectivity index (χ1n) is 8.79. The Morgan fingerprint density at radius 2 is 1.88 bits per heavy atom. The second kappa shape index (κ2) is 5.96. The van der Waals surface area contributed by atoms with Crippen LogP contribution in [0.4, 0.5) is 0 Å². The van der Waals surface area contributed by atoms with Crippen LogP contribution in [0.3, 0.4) is 0 Å². The maximum absolute atomic E-state index is 12.8. The van der Waals surface area contributed by atoms with Gasteiger partial charge in [0.2, 0.25) is 5.91 Å². The number of aromatic nitrogens is 1. The maximum Gasteiger partial charge on any atom is 0.270 e. The molecule has 0 atom stereocenters. The molecule has 2 N–H and O–H groups in total. The first-order chi connectivity index (χ1) is 11.7. The molecule has 0 bridgehead atoms. The SMILES string of the molecule is O=C1CCC2(CCN1)CCN(C(=O)c1cc3ccccc3[nH]1)CC2. The average molecular weight is 325 g/mol. The molecule has 24 heavy (non-hydrogen) atoms. The van der Waals surface area contributed by atoms with Crippen molar-refractivity contribution in [2.45, 2.75) is 32.1 Å². The predicted molar refractivity (Wildman–Crippen MR) is 92.7 cm³/mol. The Balaban J connectivity index is 1.45. The quantitative estimate of drug-likeness (QED) is 0.846. The van der Waals surface area contributed by atoms with Gasteiger partial charge >= 0.3 is 0 Å². The molecule has 3 heterocycles. The number of para-hydroxylation sites is 1. The Bertz CT molecular complexity index is 739. The highest BCUT2D eigenvalue weighted by Gasteiger charge is 2.37. The molecule has 1 spiro atoms. The number of aromatic amines is 1. The molecule has 2 amide bonds. The fraction of sp³-hybridized carbons (Fsp3) is 0.474. The first-order valence-corrected chi connectivity index (χ1v) is 8.79. The topological polar surface area (TPSA) is 65.2 Å². The molecule has 2 aliphatic rings. The maximum atomic E-state index is 12.8. The molecule has 1 aromatic heterocycles. The molecule has 0 aliphatic carbocycles. The zero-order chi connectivity index (χ0) is 16.6. The second-order valence-corrected chi connectivity index (χ2v) is 7.16. The number of carbonyl (C=O) groups is 2. The van der Waals surface area contributed by atoms with E-state index in [0.717, 1.165) is 56.2 Å². The van der Waals surface area contributed by atoms with Crippen LogP contribution in [0, 0.1) is 5.41 Å². The molecule has 5 heteroatoms. The lowest BCUT2D eigenvalue weighted by atomic mass is 9.73. The summed E-state index contributed by atoms with van der Waals surface area (Å²) in [6.07, 6.45) is 4.60. The molecular weight excluding hydrogens is 302 g/mol. The smallest absolute Gasteiger partial charge is 0.270 e. The van der Waals surface area contributed by atoms with Crippen LogP contribution in [0.15, 0.2) is 30.3 Å². The standard InChI is InChI=1S/C19H23N3O2/c23-17-5-6-19(7-10-20-17)8-11-22(12-9-19)18(24)16-13-14-3-1-2-4-15(14)21-16/h1-4,13,21H,5-12H2,(H,20,23). The Kier molecular flexibility index (Phi) is 3.79. The van der Waals surface area contributed by atoms with E-state index in [-0.39, 0.29) is 17.2 Å². The Morgan fingerprint density at radius 3 is 2.67 bits per heavy atom. The van der Waals surface area contributed by atoms with Crippen molar-refractivity contribution in [2.24, 2.45) is 5.41 Å². The van der Waals surface area contributed by atoms with Crippen LogP contribution in [-0.2, 0) is 4.79 Å². The van der Waals surface area contributed by atoms with Crippen molar-refractivity contribution < 1.29 is 9.59 Å². The summed E-state index contributed by atoms with van der Waals surface area (Å²) >= 11 is 0. The van der Waals surface area contributed by atoms with Crippen molar-refractivity contribution in [3.8, 4) is 0 Å². The van der Waals surface area contributed by atoms with Crippen molar-refractivity contribution in [2.75, 3.05) is 19.6 Å². The van der Waals surface area contributed by atoms with Gasteiger partial charge in [0.1, 0.15) is 5.69 Å². The largest absolute Gasteiger partial charge is 0.356 e. The molecular formula is C19H23N3O2. The van der Waals surface area contributed by atoms with Gasteiger partial charge in [-0.1, -0.05) is 18.2 Å². The number of amides is 2. The zero-order valence-corrected chi connectivity index (χ0v) is 13.8. The number of hydrogen-bond donors (Lipinski definition) is 2. The predicted octanol–water partition coefficient (Wildman–Crippen LogP) is 2.69. The van der Waals surface area contributed by atoms with Crippen molar-refractivity contribution >= 4 is 22.7 Å². The molecule has 5 nitrogen and oxygen atoms in total. The molecule has 4 rings (SSSR count). The summed E-state index contributed by atoms with van der Waals surface area (Å²) in [5.41, 5.74) is 1.91. The van der Waals surface area contributed by atoms with Gasteiger partial charge in [-0.2, -0.15) is 0 Å². The monoisotopic (exact) mass is 325 g/mol. The number of benzene rings is 1. The summed E-state index contributed by atoms with van der Waals surface area (Å²) in [5.74, 6) is 0.257. The summed E-state index contributed by atoms with van der Waals surface area (Å²) < 4.78 is 0. The van der Waals surface area contributed by atoms with Gasteiger partial charge in [0, 0.05) is 37.0 Å². The number of nitrogens with zero attached hydrogens (tertiary/aromatic N) is 1. The van der Waals surface area contributed by atoms with Crippen molar-refractivity contribution in [3.63, 3.8) is 0 Å². The van der Waals surface area contributed by atoms with Gasteiger partial charge in [0.15, 0.2) is 0 Å². The van der Waals surface area contributed by atoms with E-state index in [1.807, 2.05) is 35.2 Å². The van der Waals surface area contributed by atoms with E-state index in [4.69, 9.17) is 0 Å². The molecule has 0 unspecified atom stereocenters. The lowest BCUT2D eigenvalue weighted by Crippen LogP contribution is -2.43. The first kappa shape index (κ1) is 15.2. The fourth-order valence-corrected chi connectivity index (χ4v) is 4.10. The van der Waals surface area contributed by atoms with Crippen molar-refractivity contribution in [1.29, 1.82) is 0 Å². The van der Waals surface area contributed by atoms with Gasteiger partial charge in [-0.15, -0.1) is 0 Å². The third-order valence-electron chi connectivity index (χ3n) is 5.73. The zero-order valence-electron chi connectivity index (χ0n) is 13.8. The van der Waals surface area contributed by atoms with E-state index in [9.17, 15) is 9.59 Å².